The van der Waals surface area contributed by atoms with Crippen molar-refractivity contribution in [3.05, 3.63) is 36.0 Å². The van der Waals surface area contributed by atoms with Crippen molar-refractivity contribution in [1.82, 2.24) is 4.68 Å². The van der Waals surface area contributed by atoms with Crippen molar-refractivity contribution in [3.8, 4) is 0 Å². The van der Waals surface area contributed by atoms with Gasteiger partial charge >= 0.3 is 0 Å². The van der Waals surface area contributed by atoms with E-state index in [1.165, 1.54) is 0 Å². The van der Waals surface area contributed by atoms with Crippen LogP contribution >= 0.6 is 0 Å². The molecule has 0 fully saturated rings. The first-order chi connectivity index (χ1) is 6.97. The number of fused-ring (bicyclic) bond motifs is 1. The Morgan fingerprint density at radius 3 is 2.60 bits per heavy atom. The molecule has 1 heterocycles. The number of hydrogen-bond acceptors (Lipinski definition) is 2. The number of rotatable bonds is 2. The summed E-state index contributed by atoms with van der Waals surface area (Å²) < 4.78 is 23.9. The van der Waals surface area contributed by atoms with Gasteiger partial charge in [-0.3, -0.25) is 4.68 Å². The van der Waals surface area contributed by atoms with Crippen molar-refractivity contribution in [3.63, 3.8) is 0 Å². The smallest absolute Gasteiger partial charge is 0.243 e. The minimum Gasteiger partial charge on any atom is -0.251 e. The lowest BCUT2D eigenvalue weighted by Gasteiger charge is -2.08. The summed E-state index contributed by atoms with van der Waals surface area (Å²) in [5, 5.41) is 1.02. The van der Waals surface area contributed by atoms with Gasteiger partial charge in [0.05, 0.1) is 11.8 Å². The van der Waals surface area contributed by atoms with E-state index in [2.05, 4.69) is 4.83 Å². The molecule has 2 rings (SSSR count). The number of hydrogen-bond donors (Lipinski definition) is 1. The molecule has 0 unspecified atom stereocenters. The van der Waals surface area contributed by atoms with Gasteiger partial charge in [0.1, 0.15) is 0 Å². The van der Waals surface area contributed by atoms with Crippen LogP contribution in [0.4, 0.5) is 0 Å². The molecule has 1 aromatic carbocycles. The Morgan fingerprint density at radius 2 is 1.93 bits per heavy atom. The Morgan fingerprint density at radius 1 is 1.27 bits per heavy atom. The second-order valence-corrected chi connectivity index (χ2v) is 5.27. The maximum atomic E-state index is 11.2. The molecule has 2 aromatic rings. The van der Waals surface area contributed by atoms with Crippen LogP contribution in [-0.4, -0.2) is 19.3 Å². The van der Waals surface area contributed by atoms with E-state index in [-0.39, 0.29) is 0 Å². The Bertz CT molecular complexity index is 599. The lowest BCUT2D eigenvalue weighted by atomic mass is 10.2. The molecule has 0 aliphatic carbocycles. The third-order valence-corrected chi connectivity index (χ3v) is 2.67. The average Bonchev–Trinajstić information content (AvgIpc) is 2.41. The number of benzene rings is 1. The first-order valence-electron chi connectivity index (χ1n) is 4.52. The summed E-state index contributed by atoms with van der Waals surface area (Å²) in [6.07, 6.45) is 1.14. The van der Waals surface area contributed by atoms with Gasteiger partial charge < -0.3 is 0 Å². The second-order valence-electron chi connectivity index (χ2n) is 3.54. The summed E-state index contributed by atoms with van der Waals surface area (Å²) in [5.74, 6) is 0. The SMILES string of the molecule is Cc1cc2ccccc2n1NS(C)(=O)=O. The first-order valence-corrected chi connectivity index (χ1v) is 6.41. The number of nitrogens with zero attached hydrogens (tertiary/aromatic N) is 1. The van der Waals surface area contributed by atoms with E-state index in [4.69, 9.17) is 0 Å². The third-order valence-electron chi connectivity index (χ3n) is 2.15. The molecule has 0 atom stereocenters. The largest absolute Gasteiger partial charge is 0.251 e. The minimum atomic E-state index is -3.25. The van der Waals surface area contributed by atoms with E-state index in [1.54, 1.807) is 4.68 Å². The molecule has 1 aromatic heterocycles. The van der Waals surface area contributed by atoms with Crippen molar-refractivity contribution >= 4 is 20.9 Å². The van der Waals surface area contributed by atoms with Gasteiger partial charge in [-0.2, -0.15) is 0 Å². The van der Waals surface area contributed by atoms with E-state index in [1.807, 2.05) is 37.3 Å². The van der Waals surface area contributed by atoms with Crippen LogP contribution in [0.3, 0.4) is 0 Å². The fourth-order valence-corrected chi connectivity index (χ4v) is 2.15. The van der Waals surface area contributed by atoms with E-state index >= 15 is 0 Å². The number of nitrogens with one attached hydrogen (secondary N) is 1. The van der Waals surface area contributed by atoms with Gasteiger partial charge in [-0.05, 0) is 19.1 Å². The van der Waals surface area contributed by atoms with Crippen LogP contribution in [0.15, 0.2) is 30.3 Å². The Balaban J connectivity index is 2.64. The van der Waals surface area contributed by atoms with Crippen LogP contribution in [0.25, 0.3) is 10.9 Å². The summed E-state index contributed by atoms with van der Waals surface area (Å²) in [6, 6.07) is 9.56. The molecule has 0 radical (unpaired) electrons. The summed E-state index contributed by atoms with van der Waals surface area (Å²) in [6.45, 7) is 1.86. The van der Waals surface area contributed by atoms with Gasteiger partial charge in [0.15, 0.2) is 0 Å². The molecule has 80 valence electrons. The number of sulfonamides is 1. The standard InChI is InChI=1S/C10H12N2O2S/c1-8-7-9-5-3-4-6-10(9)12(8)11-15(2,13)14/h3-7,11H,1-2H3. The van der Waals surface area contributed by atoms with Gasteiger partial charge in [-0.25, -0.2) is 13.2 Å². The molecule has 4 nitrogen and oxygen atoms in total. The summed E-state index contributed by atoms with van der Waals surface area (Å²) in [7, 11) is -3.25. The topological polar surface area (TPSA) is 51.1 Å². The molecule has 5 heteroatoms. The minimum absolute atomic E-state index is 0.862. The highest BCUT2D eigenvalue weighted by atomic mass is 32.2. The molecule has 0 aliphatic rings. The molecule has 0 bridgehead atoms. The lowest BCUT2D eigenvalue weighted by Crippen LogP contribution is -2.22. The van der Waals surface area contributed by atoms with E-state index < -0.39 is 10.0 Å². The van der Waals surface area contributed by atoms with Gasteiger partial charge in [-0.15, -0.1) is 0 Å². The summed E-state index contributed by atoms with van der Waals surface area (Å²) in [5.41, 5.74) is 1.72. The van der Waals surface area contributed by atoms with E-state index in [9.17, 15) is 8.42 Å². The second kappa shape index (κ2) is 3.27. The fraction of sp³-hybridized carbons (Fsp3) is 0.200. The summed E-state index contributed by atoms with van der Waals surface area (Å²) in [4.78, 5) is 2.46. The molecule has 0 saturated heterocycles. The van der Waals surface area contributed by atoms with Crippen molar-refractivity contribution in [2.45, 2.75) is 6.92 Å². The average molecular weight is 224 g/mol. The molecule has 0 saturated carbocycles. The van der Waals surface area contributed by atoms with Crippen molar-refractivity contribution in [2.24, 2.45) is 0 Å². The highest BCUT2D eigenvalue weighted by molar-refractivity contribution is 7.91. The molecular formula is C10H12N2O2S. The monoisotopic (exact) mass is 224 g/mol. The molecule has 15 heavy (non-hydrogen) atoms. The zero-order chi connectivity index (χ0) is 11.1. The number of para-hydroxylation sites is 1. The highest BCUT2D eigenvalue weighted by Crippen LogP contribution is 2.17. The number of aromatic nitrogens is 1. The van der Waals surface area contributed by atoms with Gasteiger partial charge in [0, 0.05) is 11.1 Å². The maximum Gasteiger partial charge on any atom is 0.243 e. The Labute approximate surface area is 88.5 Å². The van der Waals surface area contributed by atoms with Gasteiger partial charge in [0.25, 0.3) is 0 Å². The fourth-order valence-electron chi connectivity index (χ4n) is 1.58. The van der Waals surface area contributed by atoms with Crippen molar-refractivity contribution < 1.29 is 8.42 Å². The van der Waals surface area contributed by atoms with Crippen LogP contribution in [0.2, 0.25) is 0 Å². The maximum absolute atomic E-state index is 11.2. The first kappa shape index (κ1) is 10.0. The molecular weight excluding hydrogens is 212 g/mol. The van der Waals surface area contributed by atoms with Crippen LogP contribution in [0, 0.1) is 6.92 Å². The summed E-state index contributed by atoms with van der Waals surface area (Å²) >= 11 is 0. The van der Waals surface area contributed by atoms with Crippen LogP contribution in [0.1, 0.15) is 5.69 Å². The van der Waals surface area contributed by atoms with Crippen molar-refractivity contribution in [2.75, 3.05) is 11.1 Å². The Kier molecular flexibility index (Phi) is 2.19. The van der Waals surface area contributed by atoms with E-state index in [0.29, 0.717) is 0 Å². The predicted molar refractivity (Wildman–Crippen MR) is 60.9 cm³/mol. The number of aryl methyl sites for hydroxylation is 1. The predicted octanol–water partition coefficient (Wildman–Crippen LogP) is 1.45. The van der Waals surface area contributed by atoms with E-state index in [0.717, 1.165) is 22.9 Å². The van der Waals surface area contributed by atoms with Gasteiger partial charge in [0.2, 0.25) is 10.0 Å². The highest BCUT2D eigenvalue weighted by Gasteiger charge is 2.07. The lowest BCUT2D eigenvalue weighted by molar-refractivity contribution is 0.601. The quantitative estimate of drug-likeness (QED) is 0.839. The van der Waals surface area contributed by atoms with Crippen LogP contribution in [-0.2, 0) is 10.0 Å². The van der Waals surface area contributed by atoms with Crippen LogP contribution in [0.5, 0.6) is 0 Å². The molecule has 1 N–H and O–H groups in total. The third kappa shape index (κ3) is 1.97. The van der Waals surface area contributed by atoms with Crippen molar-refractivity contribution in [1.29, 1.82) is 0 Å². The zero-order valence-corrected chi connectivity index (χ0v) is 9.38. The zero-order valence-electron chi connectivity index (χ0n) is 8.56. The van der Waals surface area contributed by atoms with Crippen LogP contribution < -0.4 is 4.83 Å². The Hall–Kier alpha value is -1.49. The molecule has 0 amide bonds. The van der Waals surface area contributed by atoms with Gasteiger partial charge in [-0.1, -0.05) is 18.2 Å². The molecule has 0 aliphatic heterocycles. The normalized spacial score (nSPS) is 11.9. The molecule has 0 spiro atoms.